The highest BCUT2D eigenvalue weighted by atomic mass is 35.5. The van der Waals surface area contributed by atoms with Crippen molar-refractivity contribution in [3.63, 3.8) is 0 Å². The quantitative estimate of drug-likeness (QED) is 0.299. The van der Waals surface area contributed by atoms with Crippen LogP contribution in [-0.4, -0.2) is 24.4 Å². The molecule has 0 unspecified atom stereocenters. The molecule has 0 spiro atoms. The van der Waals surface area contributed by atoms with E-state index >= 15 is 0 Å². The standard InChI is InChI=1S/C25H21Cl3N2O5/c1-15-2-3-17(27)13-21(15)30-24(32)14-34-25(33)11-10-23(31)29-18-5-7-19(8-6-18)35-22-9-4-16(26)12-20(22)28/h2-9,12-13H,10-11,14H2,1H3,(H,29,31)(H,30,32). The lowest BCUT2D eigenvalue weighted by atomic mass is 10.2. The molecule has 3 rings (SSSR count). The number of hydrogen-bond acceptors (Lipinski definition) is 5. The van der Waals surface area contributed by atoms with Crippen LogP contribution in [0, 0.1) is 6.92 Å². The summed E-state index contributed by atoms with van der Waals surface area (Å²) in [6.45, 7) is 1.35. The van der Waals surface area contributed by atoms with Crippen LogP contribution in [0.2, 0.25) is 15.1 Å². The van der Waals surface area contributed by atoms with Gasteiger partial charge in [-0.25, -0.2) is 0 Å². The van der Waals surface area contributed by atoms with Crippen molar-refractivity contribution in [2.45, 2.75) is 19.8 Å². The van der Waals surface area contributed by atoms with E-state index in [0.29, 0.717) is 37.9 Å². The van der Waals surface area contributed by atoms with Crippen LogP contribution in [-0.2, 0) is 19.1 Å². The van der Waals surface area contributed by atoms with Crippen molar-refractivity contribution in [1.82, 2.24) is 0 Å². The third kappa shape index (κ3) is 8.47. The number of carbonyl (C=O) groups is 3. The van der Waals surface area contributed by atoms with Crippen molar-refractivity contribution in [2.75, 3.05) is 17.2 Å². The maximum atomic E-state index is 12.1. The van der Waals surface area contributed by atoms with E-state index in [9.17, 15) is 14.4 Å². The van der Waals surface area contributed by atoms with Crippen molar-refractivity contribution >= 4 is 64.0 Å². The molecule has 0 aliphatic carbocycles. The average molecular weight is 536 g/mol. The highest BCUT2D eigenvalue weighted by Gasteiger charge is 2.12. The summed E-state index contributed by atoms with van der Waals surface area (Å²) >= 11 is 17.9. The minimum absolute atomic E-state index is 0.105. The number of ether oxygens (including phenoxy) is 2. The number of anilines is 2. The third-order valence-electron chi connectivity index (χ3n) is 4.65. The van der Waals surface area contributed by atoms with E-state index < -0.39 is 18.5 Å². The first-order chi connectivity index (χ1) is 16.7. The molecule has 2 N–H and O–H groups in total. The van der Waals surface area contributed by atoms with Gasteiger partial charge in [-0.2, -0.15) is 0 Å². The van der Waals surface area contributed by atoms with Gasteiger partial charge >= 0.3 is 5.97 Å². The summed E-state index contributed by atoms with van der Waals surface area (Å²) in [7, 11) is 0. The maximum Gasteiger partial charge on any atom is 0.306 e. The van der Waals surface area contributed by atoms with Gasteiger partial charge in [-0.1, -0.05) is 40.9 Å². The second-order valence-corrected chi connectivity index (χ2v) is 8.70. The normalized spacial score (nSPS) is 10.4. The highest BCUT2D eigenvalue weighted by Crippen LogP contribution is 2.32. The van der Waals surface area contributed by atoms with Crippen LogP contribution in [0.5, 0.6) is 11.5 Å². The van der Waals surface area contributed by atoms with Gasteiger partial charge in [0.2, 0.25) is 5.91 Å². The molecular formula is C25H21Cl3N2O5. The molecule has 0 aliphatic heterocycles. The average Bonchev–Trinajstić information content (AvgIpc) is 2.82. The Morgan fingerprint density at radius 1 is 0.800 bits per heavy atom. The molecule has 0 heterocycles. The molecule has 10 heteroatoms. The van der Waals surface area contributed by atoms with Gasteiger partial charge in [0, 0.05) is 27.8 Å². The Balaban J connectivity index is 1.39. The lowest BCUT2D eigenvalue weighted by molar-refractivity contribution is -0.147. The zero-order chi connectivity index (χ0) is 25.4. The zero-order valence-electron chi connectivity index (χ0n) is 18.6. The van der Waals surface area contributed by atoms with Gasteiger partial charge in [0.1, 0.15) is 11.5 Å². The Morgan fingerprint density at radius 2 is 1.49 bits per heavy atom. The molecule has 0 radical (unpaired) electrons. The van der Waals surface area contributed by atoms with Gasteiger partial charge in [0.05, 0.1) is 11.4 Å². The van der Waals surface area contributed by atoms with Gasteiger partial charge in [-0.05, 0) is 67.1 Å². The molecule has 0 fully saturated rings. The first-order valence-electron chi connectivity index (χ1n) is 10.4. The van der Waals surface area contributed by atoms with E-state index in [-0.39, 0.29) is 18.7 Å². The summed E-state index contributed by atoms with van der Waals surface area (Å²) < 4.78 is 10.6. The molecule has 0 saturated carbocycles. The first kappa shape index (κ1) is 26.3. The van der Waals surface area contributed by atoms with Gasteiger partial charge < -0.3 is 20.1 Å². The van der Waals surface area contributed by atoms with Crippen LogP contribution in [0.25, 0.3) is 0 Å². The van der Waals surface area contributed by atoms with Crippen molar-refractivity contribution in [1.29, 1.82) is 0 Å². The SMILES string of the molecule is Cc1ccc(Cl)cc1NC(=O)COC(=O)CCC(=O)Nc1ccc(Oc2ccc(Cl)cc2Cl)cc1. The fourth-order valence-corrected chi connectivity index (χ4v) is 3.48. The Bertz CT molecular complexity index is 1230. The Labute approximate surface area is 217 Å². The van der Waals surface area contributed by atoms with E-state index in [2.05, 4.69) is 10.6 Å². The molecule has 0 saturated heterocycles. The van der Waals surface area contributed by atoms with E-state index in [4.69, 9.17) is 44.3 Å². The molecule has 0 bridgehead atoms. The van der Waals surface area contributed by atoms with Crippen molar-refractivity contribution in [3.8, 4) is 11.5 Å². The fraction of sp³-hybridized carbons (Fsp3) is 0.160. The zero-order valence-corrected chi connectivity index (χ0v) is 20.8. The van der Waals surface area contributed by atoms with Crippen LogP contribution < -0.4 is 15.4 Å². The number of hydrogen-bond donors (Lipinski definition) is 2. The lowest BCUT2D eigenvalue weighted by Crippen LogP contribution is -2.22. The number of carbonyl (C=O) groups excluding carboxylic acids is 3. The monoisotopic (exact) mass is 534 g/mol. The van der Waals surface area contributed by atoms with Gasteiger partial charge in [-0.15, -0.1) is 0 Å². The predicted molar refractivity (Wildman–Crippen MR) is 137 cm³/mol. The highest BCUT2D eigenvalue weighted by molar-refractivity contribution is 6.35. The van der Waals surface area contributed by atoms with Crippen LogP contribution >= 0.6 is 34.8 Å². The summed E-state index contributed by atoms with van der Waals surface area (Å²) in [5.74, 6) is -0.586. The molecule has 0 aliphatic rings. The number of halogens is 3. The molecule has 3 aromatic rings. The number of esters is 1. The minimum Gasteiger partial charge on any atom is -0.456 e. The molecular weight excluding hydrogens is 515 g/mol. The van der Waals surface area contributed by atoms with Crippen molar-refractivity contribution in [2.24, 2.45) is 0 Å². The smallest absolute Gasteiger partial charge is 0.306 e. The van der Waals surface area contributed by atoms with E-state index in [1.807, 2.05) is 6.92 Å². The summed E-state index contributed by atoms with van der Waals surface area (Å²) in [6.07, 6.45) is -0.280. The topological polar surface area (TPSA) is 93.7 Å². The Kier molecular flexibility index (Phi) is 9.37. The second kappa shape index (κ2) is 12.4. The molecule has 0 atom stereocenters. The third-order valence-corrected chi connectivity index (χ3v) is 5.42. The summed E-state index contributed by atoms with van der Waals surface area (Å²) in [6, 6.07) is 16.6. The number of rotatable bonds is 9. The first-order valence-corrected chi connectivity index (χ1v) is 11.6. The van der Waals surface area contributed by atoms with Crippen molar-refractivity contribution < 1.29 is 23.9 Å². The van der Waals surface area contributed by atoms with Crippen LogP contribution in [0.3, 0.4) is 0 Å². The maximum absolute atomic E-state index is 12.1. The predicted octanol–water partition coefficient (Wildman–Crippen LogP) is 6.65. The number of amides is 2. The van der Waals surface area contributed by atoms with Crippen molar-refractivity contribution in [3.05, 3.63) is 81.3 Å². The molecule has 182 valence electrons. The molecule has 7 nitrogen and oxygen atoms in total. The Morgan fingerprint density at radius 3 is 2.20 bits per heavy atom. The molecule has 35 heavy (non-hydrogen) atoms. The molecule has 3 aromatic carbocycles. The number of nitrogens with one attached hydrogen (secondary N) is 2. The van der Waals surface area contributed by atoms with E-state index in [0.717, 1.165) is 5.56 Å². The summed E-state index contributed by atoms with van der Waals surface area (Å²) in [4.78, 5) is 36.1. The van der Waals surface area contributed by atoms with Gasteiger partial charge in [-0.3, -0.25) is 14.4 Å². The second-order valence-electron chi connectivity index (χ2n) is 7.42. The molecule has 0 aromatic heterocycles. The lowest BCUT2D eigenvalue weighted by Gasteiger charge is -2.10. The summed E-state index contributed by atoms with van der Waals surface area (Å²) in [5, 5.41) is 6.65. The van der Waals surface area contributed by atoms with Gasteiger partial charge in [0.15, 0.2) is 6.61 Å². The fourth-order valence-electron chi connectivity index (χ4n) is 2.86. The van der Waals surface area contributed by atoms with E-state index in [1.54, 1.807) is 60.7 Å². The van der Waals surface area contributed by atoms with Gasteiger partial charge in [0.25, 0.3) is 5.91 Å². The van der Waals surface area contributed by atoms with Crippen LogP contribution in [0.15, 0.2) is 60.7 Å². The summed E-state index contributed by atoms with van der Waals surface area (Å²) in [5.41, 5.74) is 1.87. The number of aryl methyl sites for hydroxylation is 1. The van der Waals surface area contributed by atoms with Crippen LogP contribution in [0.4, 0.5) is 11.4 Å². The largest absolute Gasteiger partial charge is 0.456 e. The Hall–Kier alpha value is -3.26. The molecule has 2 amide bonds. The van der Waals surface area contributed by atoms with Crippen LogP contribution in [0.1, 0.15) is 18.4 Å². The van der Waals surface area contributed by atoms with E-state index in [1.165, 1.54) is 0 Å². The minimum atomic E-state index is -0.665. The number of benzene rings is 3.